The number of carbonyl (C=O) groups is 2. The molecule has 94 valence electrons. The second-order valence-corrected chi connectivity index (χ2v) is 5.36. The monoisotopic (exact) mass is 291 g/mol. The van der Waals surface area contributed by atoms with Gasteiger partial charge in [0.05, 0.1) is 12.6 Å². The van der Waals surface area contributed by atoms with Crippen LogP contribution in [-0.2, 0) is 14.3 Å². The summed E-state index contributed by atoms with van der Waals surface area (Å²) in [6.45, 7) is 2.80. The highest BCUT2D eigenvalue weighted by Crippen LogP contribution is 2.34. The van der Waals surface area contributed by atoms with Gasteiger partial charge in [0.1, 0.15) is 11.7 Å². The van der Waals surface area contributed by atoms with E-state index in [0.717, 1.165) is 6.92 Å². The second-order valence-electron chi connectivity index (χ2n) is 2.99. The van der Waals surface area contributed by atoms with Gasteiger partial charge in [0, 0.05) is 0 Å². The molecule has 0 spiro atoms. The number of ketones is 1. The summed E-state index contributed by atoms with van der Waals surface area (Å²) in [5.41, 5.74) is 1.65. The number of hydrogen-bond acceptors (Lipinski definition) is 5. The molecule has 0 saturated heterocycles. The van der Waals surface area contributed by atoms with Crippen molar-refractivity contribution in [1.29, 1.82) is 0 Å². The molecule has 0 heterocycles. The Morgan fingerprint density at radius 1 is 1.44 bits per heavy atom. The Balaban J connectivity index is 5.02. The first-order valence-electron chi connectivity index (χ1n) is 4.39. The highest BCUT2D eigenvalue weighted by atomic mass is 35.6. The first-order chi connectivity index (χ1) is 7.25. The van der Waals surface area contributed by atoms with E-state index in [1.165, 1.54) is 0 Å². The predicted octanol–water partition coefficient (Wildman–Crippen LogP) is 1.47. The Bertz CT molecular complexity index is 266. The molecule has 0 aromatic rings. The molecule has 0 bridgehead atoms. The first-order valence-corrected chi connectivity index (χ1v) is 5.52. The number of hydrogen-bond donors (Lipinski definition) is 2. The summed E-state index contributed by atoms with van der Waals surface area (Å²) >= 11 is 16.6. The van der Waals surface area contributed by atoms with Gasteiger partial charge < -0.3 is 9.94 Å². The van der Waals surface area contributed by atoms with Crippen LogP contribution in [0.1, 0.15) is 13.8 Å². The van der Waals surface area contributed by atoms with Crippen LogP contribution in [0.5, 0.6) is 0 Å². The lowest BCUT2D eigenvalue weighted by atomic mass is 9.97. The van der Waals surface area contributed by atoms with E-state index in [-0.39, 0.29) is 6.61 Å². The van der Waals surface area contributed by atoms with Crippen molar-refractivity contribution in [1.82, 2.24) is 5.48 Å². The number of Topliss-reactive ketones (excluding diaryl/α,β-unsaturated/α-hetero) is 1. The van der Waals surface area contributed by atoms with Gasteiger partial charge in [-0.15, -0.1) is 0 Å². The molecule has 5 nitrogen and oxygen atoms in total. The minimum atomic E-state index is -2.02. The van der Waals surface area contributed by atoms with Gasteiger partial charge in [-0.3, -0.25) is 9.59 Å². The number of alkyl halides is 3. The van der Waals surface area contributed by atoms with E-state index >= 15 is 0 Å². The van der Waals surface area contributed by atoms with Gasteiger partial charge in [-0.05, 0) is 13.8 Å². The van der Waals surface area contributed by atoms with E-state index in [1.807, 2.05) is 0 Å². The average Bonchev–Trinajstić information content (AvgIpc) is 2.11. The smallest absolute Gasteiger partial charge is 0.318 e. The molecule has 0 unspecified atom stereocenters. The summed E-state index contributed by atoms with van der Waals surface area (Å²) in [6.07, 6.45) is 0. The Labute approximate surface area is 108 Å². The van der Waals surface area contributed by atoms with E-state index in [0.29, 0.717) is 0 Å². The summed E-state index contributed by atoms with van der Waals surface area (Å²) in [5, 5.41) is 8.83. The highest BCUT2D eigenvalue weighted by molar-refractivity contribution is 6.68. The fraction of sp³-hybridized carbons (Fsp3) is 0.750. The molecule has 0 amide bonds. The van der Waals surface area contributed by atoms with Crippen LogP contribution in [0.2, 0.25) is 0 Å². The molecule has 16 heavy (non-hydrogen) atoms. The maximum Gasteiger partial charge on any atom is 0.318 e. The molecule has 0 saturated carbocycles. The second kappa shape index (κ2) is 6.61. The molecule has 0 radical (unpaired) electrons. The van der Waals surface area contributed by atoms with Gasteiger partial charge in [0.25, 0.3) is 0 Å². The Morgan fingerprint density at radius 2 is 1.94 bits per heavy atom. The van der Waals surface area contributed by atoms with Crippen LogP contribution >= 0.6 is 34.8 Å². The molecule has 0 aliphatic rings. The van der Waals surface area contributed by atoms with Crippen molar-refractivity contribution >= 4 is 46.6 Å². The van der Waals surface area contributed by atoms with E-state index in [9.17, 15) is 9.59 Å². The zero-order valence-electron chi connectivity index (χ0n) is 8.67. The quantitative estimate of drug-likeness (QED) is 0.347. The van der Waals surface area contributed by atoms with Crippen LogP contribution in [0.4, 0.5) is 0 Å². The van der Waals surface area contributed by atoms with Gasteiger partial charge in [-0.1, -0.05) is 34.8 Å². The number of halogens is 3. The largest absolute Gasteiger partial charge is 0.465 e. The Morgan fingerprint density at radius 3 is 2.19 bits per heavy atom. The van der Waals surface area contributed by atoms with Crippen LogP contribution in [0.15, 0.2) is 0 Å². The third-order valence-electron chi connectivity index (χ3n) is 1.80. The molecule has 8 heteroatoms. The molecule has 0 rings (SSSR count). The molecular weight excluding hydrogens is 280 g/mol. The summed E-state index contributed by atoms with van der Waals surface area (Å²) < 4.78 is 2.64. The molecule has 0 aliphatic carbocycles. The number of rotatable bonds is 5. The lowest BCUT2D eigenvalue weighted by Crippen LogP contribution is -2.50. The van der Waals surface area contributed by atoms with Gasteiger partial charge in [0.15, 0.2) is 0 Å². The zero-order chi connectivity index (χ0) is 12.9. The maximum atomic E-state index is 11.5. The van der Waals surface area contributed by atoms with Gasteiger partial charge in [-0.2, -0.15) is 5.48 Å². The molecule has 0 aliphatic heterocycles. The van der Waals surface area contributed by atoms with Crippen LogP contribution in [0.25, 0.3) is 0 Å². The number of carbonyl (C=O) groups excluding carboxylic acids is 2. The molecule has 2 atom stereocenters. The standard InChI is InChI=1S/C8H12Cl3NO4/c1-3-16-7(14)5(4(2)13)6(12-15)8(9,10)11/h5-6,12,15H,3H2,1-2H3/t5-,6-/m0/s1. The third kappa shape index (κ3) is 4.43. The summed E-state index contributed by atoms with van der Waals surface area (Å²) in [7, 11) is 0. The van der Waals surface area contributed by atoms with Gasteiger partial charge in [-0.25, -0.2) is 0 Å². The molecule has 2 N–H and O–H groups in total. The van der Waals surface area contributed by atoms with Crippen LogP contribution < -0.4 is 5.48 Å². The van der Waals surface area contributed by atoms with Crippen LogP contribution in [-0.4, -0.2) is 33.4 Å². The normalized spacial score (nSPS) is 15.4. The maximum absolute atomic E-state index is 11.5. The van der Waals surface area contributed by atoms with Crippen molar-refractivity contribution in [2.45, 2.75) is 23.7 Å². The minimum Gasteiger partial charge on any atom is -0.465 e. The summed E-state index contributed by atoms with van der Waals surface area (Å²) in [5.74, 6) is -2.80. The minimum absolute atomic E-state index is 0.0839. The van der Waals surface area contributed by atoms with Crippen molar-refractivity contribution in [2.24, 2.45) is 5.92 Å². The SMILES string of the molecule is CCOC(=O)[C@@H](C(C)=O)[C@H](NO)C(Cl)(Cl)Cl. The van der Waals surface area contributed by atoms with E-state index in [4.69, 9.17) is 40.0 Å². The lowest BCUT2D eigenvalue weighted by molar-refractivity contribution is -0.153. The summed E-state index contributed by atoms with van der Waals surface area (Å²) in [6, 6.07) is -1.37. The fourth-order valence-corrected chi connectivity index (χ4v) is 1.63. The van der Waals surface area contributed by atoms with Crippen molar-refractivity contribution in [3.63, 3.8) is 0 Å². The first kappa shape index (κ1) is 15.9. The molecule has 0 aromatic heterocycles. The zero-order valence-corrected chi connectivity index (χ0v) is 10.9. The number of esters is 1. The van der Waals surface area contributed by atoms with Gasteiger partial charge in [0.2, 0.25) is 3.79 Å². The van der Waals surface area contributed by atoms with Gasteiger partial charge >= 0.3 is 5.97 Å². The predicted molar refractivity (Wildman–Crippen MR) is 59.8 cm³/mol. The average molecular weight is 293 g/mol. The molecule has 0 fully saturated rings. The fourth-order valence-electron chi connectivity index (χ4n) is 1.11. The topological polar surface area (TPSA) is 75.6 Å². The number of hydroxylamine groups is 1. The van der Waals surface area contributed by atoms with Crippen molar-refractivity contribution in [3.8, 4) is 0 Å². The molecule has 0 aromatic carbocycles. The highest BCUT2D eigenvalue weighted by Gasteiger charge is 2.45. The lowest BCUT2D eigenvalue weighted by Gasteiger charge is -2.27. The molecular formula is C8H12Cl3NO4. The number of ether oxygens (including phenoxy) is 1. The Kier molecular flexibility index (Phi) is 6.58. The van der Waals surface area contributed by atoms with Crippen molar-refractivity contribution in [2.75, 3.05) is 6.61 Å². The van der Waals surface area contributed by atoms with Crippen molar-refractivity contribution < 1.29 is 19.5 Å². The van der Waals surface area contributed by atoms with E-state index in [1.54, 1.807) is 12.4 Å². The number of nitrogens with one attached hydrogen (secondary N) is 1. The summed E-state index contributed by atoms with van der Waals surface area (Å²) in [4.78, 5) is 22.7. The van der Waals surface area contributed by atoms with Crippen molar-refractivity contribution in [3.05, 3.63) is 0 Å². The van der Waals surface area contributed by atoms with E-state index in [2.05, 4.69) is 4.74 Å². The van der Waals surface area contributed by atoms with Crippen LogP contribution in [0, 0.1) is 5.92 Å². The Hall–Kier alpha value is -0.0700. The van der Waals surface area contributed by atoms with E-state index < -0.39 is 27.5 Å². The van der Waals surface area contributed by atoms with Crippen LogP contribution in [0.3, 0.4) is 0 Å². The third-order valence-corrected chi connectivity index (χ3v) is 2.51.